The molecule has 7 nitrogen and oxygen atoms in total. The molecule has 4 unspecified atom stereocenters. The Morgan fingerprint density at radius 2 is 1.71 bits per heavy atom. The molecule has 178 valence electrons. The Balaban J connectivity index is 1.68. The first-order valence-corrected chi connectivity index (χ1v) is 11.6. The first-order chi connectivity index (χ1) is 16.7. The predicted octanol–water partition coefficient (Wildman–Crippen LogP) is 3.87. The van der Waals surface area contributed by atoms with Gasteiger partial charge in [0.15, 0.2) is 0 Å². The van der Waals surface area contributed by atoms with Gasteiger partial charge in [0.25, 0.3) is 0 Å². The number of anilines is 1. The molecule has 4 atom stereocenters. The average molecular weight is 491 g/mol. The van der Waals surface area contributed by atoms with E-state index in [1.54, 1.807) is 54.6 Å². The van der Waals surface area contributed by atoms with E-state index >= 15 is 0 Å². The summed E-state index contributed by atoms with van der Waals surface area (Å²) in [5, 5.41) is 24.6. The Morgan fingerprint density at radius 1 is 1.03 bits per heavy atom. The number of rotatable bonds is 5. The maximum absolute atomic E-state index is 13.9. The number of carbonyl (C=O) groups is 3. The number of hydrogen-bond donors (Lipinski definition) is 3. The Kier molecular flexibility index (Phi) is 5.62. The highest BCUT2D eigenvalue weighted by molar-refractivity contribution is 6.32. The first kappa shape index (κ1) is 23.1. The van der Waals surface area contributed by atoms with Gasteiger partial charge in [-0.2, -0.15) is 0 Å². The van der Waals surface area contributed by atoms with Gasteiger partial charge < -0.3 is 10.2 Å². The van der Waals surface area contributed by atoms with Gasteiger partial charge in [0.1, 0.15) is 11.3 Å². The van der Waals surface area contributed by atoms with Gasteiger partial charge in [-0.15, -0.1) is 0 Å². The molecule has 8 heteroatoms. The monoisotopic (exact) mass is 490 g/mol. The van der Waals surface area contributed by atoms with Gasteiger partial charge in [-0.05, 0) is 36.2 Å². The number of nitrogens with zero attached hydrogens (tertiary/aromatic N) is 1. The van der Waals surface area contributed by atoms with Crippen molar-refractivity contribution in [1.82, 2.24) is 5.32 Å². The highest BCUT2D eigenvalue weighted by Gasteiger charge is 2.68. The zero-order valence-electron chi connectivity index (χ0n) is 18.8. The normalized spacial score (nSPS) is 25.7. The number of hydrogen-bond acceptors (Lipinski definition) is 5. The third kappa shape index (κ3) is 3.59. The van der Waals surface area contributed by atoms with Crippen LogP contribution in [0.3, 0.4) is 0 Å². The molecule has 3 N–H and O–H groups in total. The number of aromatic hydroxyl groups is 1. The topological polar surface area (TPSA) is 107 Å². The third-order valence-corrected chi connectivity index (χ3v) is 7.45. The largest absolute Gasteiger partial charge is 0.508 e. The molecule has 0 spiro atoms. The second-order valence-corrected chi connectivity index (χ2v) is 9.48. The molecule has 0 saturated carbocycles. The highest BCUT2D eigenvalue weighted by atomic mass is 35.5. The van der Waals surface area contributed by atoms with Gasteiger partial charge in [0, 0.05) is 23.0 Å². The lowest BCUT2D eigenvalue weighted by atomic mass is 9.76. The van der Waals surface area contributed by atoms with E-state index in [0.29, 0.717) is 21.8 Å². The lowest BCUT2D eigenvalue weighted by Crippen LogP contribution is -2.57. The van der Waals surface area contributed by atoms with Crippen molar-refractivity contribution in [2.24, 2.45) is 11.8 Å². The second-order valence-electron chi connectivity index (χ2n) is 9.07. The van der Waals surface area contributed by atoms with Gasteiger partial charge in [-0.3, -0.25) is 19.7 Å². The molecule has 2 saturated heterocycles. The van der Waals surface area contributed by atoms with E-state index in [1.165, 1.54) is 12.1 Å². The summed E-state index contributed by atoms with van der Waals surface area (Å²) in [6.45, 7) is 1.81. The summed E-state index contributed by atoms with van der Waals surface area (Å²) in [5.41, 5.74) is 0.377. The summed E-state index contributed by atoms with van der Waals surface area (Å²) in [6.07, 6.45) is -0.0179. The van der Waals surface area contributed by atoms with Crippen LogP contribution >= 0.6 is 11.6 Å². The van der Waals surface area contributed by atoms with Crippen molar-refractivity contribution < 1.29 is 24.6 Å². The van der Waals surface area contributed by atoms with Gasteiger partial charge in [0.05, 0.1) is 17.5 Å². The predicted molar refractivity (Wildman–Crippen MR) is 130 cm³/mol. The Morgan fingerprint density at radius 3 is 2.37 bits per heavy atom. The zero-order chi connectivity index (χ0) is 24.9. The lowest BCUT2D eigenvalue weighted by molar-refractivity contribution is -0.148. The molecule has 3 aromatic rings. The lowest BCUT2D eigenvalue weighted by Gasteiger charge is -2.31. The molecule has 0 radical (unpaired) electrons. The smallest absolute Gasteiger partial charge is 0.325 e. The SMILES string of the molecule is Cc1ccc(N2C(=O)C3C(c4ccccc4O)NC(Cc4ccccc4)(C(=O)O)C3C2=O)cc1Cl. The van der Waals surface area contributed by atoms with Crippen molar-refractivity contribution in [3.8, 4) is 5.75 Å². The number of aliphatic carboxylic acids is 1. The Bertz CT molecular complexity index is 1340. The van der Waals surface area contributed by atoms with Crippen molar-refractivity contribution in [1.29, 1.82) is 0 Å². The minimum absolute atomic E-state index is 0.0179. The third-order valence-electron chi connectivity index (χ3n) is 7.05. The van der Waals surface area contributed by atoms with Crippen LogP contribution in [-0.2, 0) is 20.8 Å². The highest BCUT2D eigenvalue weighted by Crippen LogP contribution is 2.52. The van der Waals surface area contributed by atoms with Crippen LogP contribution in [0.1, 0.15) is 22.7 Å². The van der Waals surface area contributed by atoms with E-state index < -0.39 is 41.2 Å². The standard InChI is InChI=1S/C27H23ClN2O5/c1-15-11-12-17(13-19(15)28)30-24(32)21-22(25(30)33)27(26(34)35,14-16-7-3-2-4-8-16)29-23(21)18-9-5-6-10-20(18)31/h2-13,21-23,29,31H,14H2,1H3,(H,34,35). The summed E-state index contributed by atoms with van der Waals surface area (Å²) < 4.78 is 0. The van der Waals surface area contributed by atoms with Crippen LogP contribution in [0.4, 0.5) is 5.69 Å². The van der Waals surface area contributed by atoms with E-state index in [1.807, 2.05) is 13.0 Å². The molecule has 2 amide bonds. The fourth-order valence-electron chi connectivity index (χ4n) is 5.35. The summed E-state index contributed by atoms with van der Waals surface area (Å²) >= 11 is 6.28. The number of phenols is 1. The fraction of sp³-hybridized carbons (Fsp3) is 0.222. The van der Waals surface area contributed by atoms with E-state index in [2.05, 4.69) is 5.32 Å². The molecule has 3 aromatic carbocycles. The van der Waals surface area contributed by atoms with E-state index in [-0.39, 0.29) is 12.2 Å². The Labute approximate surface area is 207 Å². The number of carboxylic acid groups (broad SMARTS) is 1. The number of carboxylic acids is 1. The van der Waals surface area contributed by atoms with Crippen LogP contribution in [0.2, 0.25) is 5.02 Å². The van der Waals surface area contributed by atoms with Crippen LogP contribution in [-0.4, -0.2) is 33.5 Å². The summed E-state index contributed by atoms with van der Waals surface area (Å²) in [4.78, 5) is 41.6. The molecule has 0 aliphatic carbocycles. The molecular formula is C27H23ClN2O5. The van der Waals surface area contributed by atoms with Gasteiger partial charge in [-0.1, -0.05) is 66.2 Å². The summed E-state index contributed by atoms with van der Waals surface area (Å²) in [6, 6.07) is 19.4. The van der Waals surface area contributed by atoms with Crippen molar-refractivity contribution in [2.75, 3.05) is 4.90 Å². The molecule has 2 heterocycles. The van der Waals surface area contributed by atoms with E-state index in [4.69, 9.17) is 11.6 Å². The minimum Gasteiger partial charge on any atom is -0.508 e. The van der Waals surface area contributed by atoms with Crippen LogP contribution in [0.15, 0.2) is 72.8 Å². The van der Waals surface area contributed by atoms with Crippen molar-refractivity contribution >= 4 is 35.1 Å². The van der Waals surface area contributed by atoms with Gasteiger partial charge >= 0.3 is 5.97 Å². The molecule has 0 bridgehead atoms. The van der Waals surface area contributed by atoms with Crippen molar-refractivity contribution in [3.05, 3.63) is 94.5 Å². The molecule has 5 rings (SSSR count). The average Bonchev–Trinajstić information content (AvgIpc) is 3.31. The van der Waals surface area contributed by atoms with E-state index in [9.17, 15) is 24.6 Å². The zero-order valence-corrected chi connectivity index (χ0v) is 19.6. The maximum atomic E-state index is 13.9. The number of para-hydroxylation sites is 1. The number of carbonyl (C=O) groups excluding carboxylic acids is 2. The summed E-state index contributed by atoms with van der Waals surface area (Å²) in [5.74, 6) is -4.69. The molecule has 35 heavy (non-hydrogen) atoms. The number of fused-ring (bicyclic) bond motifs is 1. The minimum atomic E-state index is -1.77. The molecule has 0 aromatic heterocycles. The molecular weight excluding hydrogens is 468 g/mol. The van der Waals surface area contributed by atoms with Gasteiger partial charge in [0.2, 0.25) is 11.8 Å². The quantitative estimate of drug-likeness (QED) is 0.469. The number of aryl methyl sites for hydroxylation is 1. The van der Waals surface area contributed by atoms with Gasteiger partial charge in [-0.25, -0.2) is 4.90 Å². The number of amides is 2. The molecule has 2 aliphatic rings. The Hall–Kier alpha value is -3.68. The van der Waals surface area contributed by atoms with Crippen molar-refractivity contribution in [2.45, 2.75) is 24.9 Å². The number of phenolic OH excluding ortho intramolecular Hbond substituents is 1. The van der Waals surface area contributed by atoms with Crippen molar-refractivity contribution in [3.63, 3.8) is 0 Å². The van der Waals surface area contributed by atoms with Crippen LogP contribution in [0, 0.1) is 18.8 Å². The second kappa shape index (κ2) is 8.52. The first-order valence-electron chi connectivity index (χ1n) is 11.2. The fourth-order valence-corrected chi connectivity index (χ4v) is 5.52. The van der Waals surface area contributed by atoms with E-state index in [0.717, 1.165) is 10.5 Å². The number of imide groups is 1. The number of nitrogens with one attached hydrogen (secondary N) is 1. The number of halogens is 1. The summed E-state index contributed by atoms with van der Waals surface area (Å²) in [7, 11) is 0. The number of benzene rings is 3. The van der Waals surface area contributed by atoms with Crippen LogP contribution in [0.25, 0.3) is 0 Å². The van der Waals surface area contributed by atoms with Crippen LogP contribution < -0.4 is 10.2 Å². The molecule has 2 fully saturated rings. The van der Waals surface area contributed by atoms with Crippen LogP contribution in [0.5, 0.6) is 5.75 Å². The maximum Gasteiger partial charge on any atom is 0.325 e. The molecule has 2 aliphatic heterocycles.